The molecule has 0 aromatic heterocycles. The molecule has 0 bridgehead atoms. The second-order valence-corrected chi connectivity index (χ2v) is 4.19. The molecule has 2 aromatic rings. The largest absolute Gasteiger partial charge is 0.489 e. The Balaban J connectivity index is 2.01. The van der Waals surface area contributed by atoms with Gasteiger partial charge in [-0.25, -0.2) is 0 Å². The second-order valence-electron chi connectivity index (χ2n) is 4.19. The second kappa shape index (κ2) is 6.10. The van der Waals surface area contributed by atoms with E-state index in [0.717, 1.165) is 18.0 Å². The summed E-state index contributed by atoms with van der Waals surface area (Å²) in [7, 11) is 2.02. The summed E-state index contributed by atoms with van der Waals surface area (Å²) in [5.74, 6) is 0.886. The number of nitrogens with zero attached hydrogens (tertiary/aromatic N) is 1. The molecule has 0 spiro atoms. The number of rotatable bonds is 5. The first-order valence-corrected chi connectivity index (χ1v) is 6.07. The summed E-state index contributed by atoms with van der Waals surface area (Å²) in [6.07, 6.45) is 0. The van der Waals surface area contributed by atoms with Crippen molar-refractivity contribution in [1.29, 1.82) is 0 Å². The Morgan fingerprint density at radius 3 is 2.56 bits per heavy atom. The van der Waals surface area contributed by atoms with Gasteiger partial charge < -0.3 is 9.64 Å². The molecule has 0 unspecified atom stereocenters. The first kappa shape index (κ1) is 12.5. The summed E-state index contributed by atoms with van der Waals surface area (Å²) in [4.78, 5) is 2.08. The van der Waals surface area contributed by atoms with Gasteiger partial charge in [0, 0.05) is 25.3 Å². The fraction of sp³-hybridized carbons (Fsp3) is 0.188. The van der Waals surface area contributed by atoms with Crippen molar-refractivity contribution in [2.75, 3.05) is 18.5 Å². The molecule has 0 amide bonds. The standard InChI is InChI=1S/C16H18NO/c1-3-17(2)15-10-7-11-16(12-15)18-13-14-8-5-4-6-9-14/h4-12H,1,3,13H2,2H3. The summed E-state index contributed by atoms with van der Waals surface area (Å²) in [5, 5.41) is 0. The van der Waals surface area contributed by atoms with E-state index in [0.29, 0.717) is 6.61 Å². The molecule has 0 saturated heterocycles. The van der Waals surface area contributed by atoms with Gasteiger partial charge in [-0.3, -0.25) is 0 Å². The maximum atomic E-state index is 5.78. The van der Waals surface area contributed by atoms with Gasteiger partial charge in [-0.05, 0) is 24.6 Å². The molecule has 2 rings (SSSR count). The predicted octanol–water partition coefficient (Wildman–Crippen LogP) is 3.54. The Morgan fingerprint density at radius 1 is 1.06 bits per heavy atom. The Bertz CT molecular complexity index is 481. The van der Waals surface area contributed by atoms with Crippen LogP contribution in [0.2, 0.25) is 0 Å². The zero-order valence-corrected chi connectivity index (χ0v) is 10.7. The normalized spacial score (nSPS) is 10.1. The molecule has 0 fully saturated rings. The van der Waals surface area contributed by atoms with E-state index < -0.39 is 0 Å². The molecule has 0 heterocycles. The average molecular weight is 240 g/mol. The van der Waals surface area contributed by atoms with Gasteiger partial charge >= 0.3 is 0 Å². The summed E-state index contributed by atoms with van der Waals surface area (Å²) < 4.78 is 5.78. The Morgan fingerprint density at radius 2 is 1.83 bits per heavy atom. The highest BCUT2D eigenvalue weighted by Gasteiger charge is 2.00. The van der Waals surface area contributed by atoms with Gasteiger partial charge in [0.2, 0.25) is 0 Å². The molecule has 0 N–H and O–H groups in total. The third kappa shape index (κ3) is 3.27. The molecule has 0 saturated carbocycles. The van der Waals surface area contributed by atoms with Crippen molar-refractivity contribution in [3.05, 3.63) is 67.1 Å². The van der Waals surface area contributed by atoms with E-state index in [9.17, 15) is 0 Å². The Kier molecular flexibility index (Phi) is 4.24. The van der Waals surface area contributed by atoms with Crippen LogP contribution in [-0.4, -0.2) is 13.6 Å². The smallest absolute Gasteiger partial charge is 0.121 e. The number of hydrogen-bond acceptors (Lipinski definition) is 2. The van der Waals surface area contributed by atoms with Gasteiger partial charge in [-0.15, -0.1) is 0 Å². The van der Waals surface area contributed by atoms with E-state index in [1.165, 1.54) is 5.56 Å². The van der Waals surface area contributed by atoms with Gasteiger partial charge in [0.05, 0.1) is 0 Å². The van der Waals surface area contributed by atoms with Crippen LogP contribution in [0.15, 0.2) is 54.6 Å². The van der Waals surface area contributed by atoms with E-state index in [-0.39, 0.29) is 0 Å². The van der Waals surface area contributed by atoms with Crippen molar-refractivity contribution < 1.29 is 4.74 Å². The number of hydrogen-bond donors (Lipinski definition) is 0. The summed E-state index contributed by atoms with van der Waals surface area (Å²) in [5.41, 5.74) is 2.30. The number of ether oxygens (including phenoxy) is 1. The molecular formula is C16H18NO. The first-order chi connectivity index (χ1) is 8.79. The average Bonchev–Trinajstić information content (AvgIpc) is 2.45. The minimum Gasteiger partial charge on any atom is -0.489 e. The summed E-state index contributed by atoms with van der Waals surface area (Å²) in [6, 6.07) is 18.2. The topological polar surface area (TPSA) is 12.5 Å². The minimum absolute atomic E-state index is 0.596. The van der Waals surface area contributed by atoms with Crippen LogP contribution in [0.1, 0.15) is 5.56 Å². The monoisotopic (exact) mass is 240 g/mol. The Hall–Kier alpha value is -1.96. The highest BCUT2D eigenvalue weighted by molar-refractivity contribution is 5.50. The lowest BCUT2D eigenvalue weighted by Gasteiger charge is -2.17. The molecule has 93 valence electrons. The summed E-state index contributed by atoms with van der Waals surface area (Å²) >= 11 is 0. The summed E-state index contributed by atoms with van der Waals surface area (Å²) in [6.45, 7) is 5.20. The van der Waals surface area contributed by atoms with Crippen LogP contribution in [-0.2, 0) is 6.61 Å². The molecule has 2 nitrogen and oxygen atoms in total. The maximum absolute atomic E-state index is 5.78. The lowest BCUT2D eigenvalue weighted by Crippen LogP contribution is -2.15. The van der Waals surface area contributed by atoms with Crippen molar-refractivity contribution in [3.63, 3.8) is 0 Å². The van der Waals surface area contributed by atoms with Crippen LogP contribution in [0.25, 0.3) is 0 Å². The minimum atomic E-state index is 0.596. The van der Waals surface area contributed by atoms with E-state index in [4.69, 9.17) is 4.74 Å². The highest BCUT2D eigenvalue weighted by Crippen LogP contribution is 2.20. The maximum Gasteiger partial charge on any atom is 0.121 e. The van der Waals surface area contributed by atoms with Gasteiger partial charge in [0.25, 0.3) is 0 Å². The van der Waals surface area contributed by atoms with Crippen molar-refractivity contribution in [2.45, 2.75) is 6.61 Å². The van der Waals surface area contributed by atoms with Crippen LogP contribution in [0, 0.1) is 6.92 Å². The molecule has 0 aliphatic rings. The van der Waals surface area contributed by atoms with Gasteiger partial charge in [-0.1, -0.05) is 36.4 Å². The van der Waals surface area contributed by atoms with Crippen molar-refractivity contribution in [1.82, 2.24) is 0 Å². The van der Waals surface area contributed by atoms with Crippen molar-refractivity contribution >= 4 is 5.69 Å². The van der Waals surface area contributed by atoms with Crippen LogP contribution < -0.4 is 9.64 Å². The molecule has 0 atom stereocenters. The Labute approximate surface area is 109 Å². The van der Waals surface area contributed by atoms with Crippen molar-refractivity contribution in [2.24, 2.45) is 0 Å². The third-order valence-electron chi connectivity index (χ3n) is 2.84. The van der Waals surface area contributed by atoms with Crippen LogP contribution in [0.4, 0.5) is 5.69 Å². The lowest BCUT2D eigenvalue weighted by atomic mass is 10.2. The first-order valence-electron chi connectivity index (χ1n) is 6.07. The van der Waals surface area contributed by atoms with Gasteiger partial charge in [-0.2, -0.15) is 0 Å². The molecule has 1 radical (unpaired) electrons. The van der Waals surface area contributed by atoms with E-state index in [1.54, 1.807) is 0 Å². The third-order valence-corrected chi connectivity index (χ3v) is 2.84. The fourth-order valence-electron chi connectivity index (χ4n) is 1.68. The van der Waals surface area contributed by atoms with E-state index >= 15 is 0 Å². The van der Waals surface area contributed by atoms with Crippen LogP contribution >= 0.6 is 0 Å². The van der Waals surface area contributed by atoms with Crippen molar-refractivity contribution in [3.8, 4) is 5.75 Å². The quantitative estimate of drug-likeness (QED) is 0.792. The molecular weight excluding hydrogens is 222 g/mol. The molecule has 0 aliphatic carbocycles. The molecule has 18 heavy (non-hydrogen) atoms. The zero-order chi connectivity index (χ0) is 12.8. The predicted molar refractivity (Wildman–Crippen MR) is 75.8 cm³/mol. The van der Waals surface area contributed by atoms with Crippen LogP contribution in [0.5, 0.6) is 5.75 Å². The highest BCUT2D eigenvalue weighted by atomic mass is 16.5. The van der Waals surface area contributed by atoms with Gasteiger partial charge in [0.1, 0.15) is 12.4 Å². The van der Waals surface area contributed by atoms with Gasteiger partial charge in [0.15, 0.2) is 0 Å². The SMILES string of the molecule is [CH2]CN(C)c1cccc(OCc2ccccc2)c1. The fourth-order valence-corrected chi connectivity index (χ4v) is 1.68. The lowest BCUT2D eigenvalue weighted by molar-refractivity contribution is 0.306. The molecule has 2 aromatic carbocycles. The van der Waals surface area contributed by atoms with Crippen LogP contribution in [0.3, 0.4) is 0 Å². The zero-order valence-electron chi connectivity index (χ0n) is 10.7. The van der Waals surface area contributed by atoms with E-state index in [2.05, 4.69) is 30.0 Å². The molecule has 2 heteroatoms. The van der Waals surface area contributed by atoms with E-state index in [1.807, 2.05) is 43.4 Å². The number of anilines is 1. The number of benzene rings is 2. The molecule has 0 aliphatic heterocycles.